The molecule has 0 aliphatic carbocycles. The first kappa shape index (κ1) is 17.8. The standard InChI is InChI=1S/C20H31NO2/c1-15(2)13-17-14-21(19(22)23-20(3,4)5)12-11-18(17)16-9-7-6-8-10-16/h6-10,15,17-18H,11-14H2,1-5H3/t17-,18+/m1/s1. The van der Waals surface area contributed by atoms with Crippen LogP contribution in [0.15, 0.2) is 30.3 Å². The Labute approximate surface area is 141 Å². The number of hydrogen-bond acceptors (Lipinski definition) is 2. The van der Waals surface area contributed by atoms with Crippen LogP contribution in [-0.4, -0.2) is 29.7 Å². The average Bonchev–Trinajstić information content (AvgIpc) is 2.45. The second kappa shape index (κ2) is 7.37. The summed E-state index contributed by atoms with van der Waals surface area (Å²) < 4.78 is 5.56. The molecule has 0 unspecified atom stereocenters. The van der Waals surface area contributed by atoms with Gasteiger partial charge in [-0.25, -0.2) is 4.79 Å². The molecule has 0 N–H and O–H groups in total. The molecule has 1 aliphatic rings. The van der Waals surface area contributed by atoms with Gasteiger partial charge in [0, 0.05) is 13.1 Å². The molecule has 0 aromatic heterocycles. The van der Waals surface area contributed by atoms with E-state index in [9.17, 15) is 4.79 Å². The lowest BCUT2D eigenvalue weighted by molar-refractivity contribution is 0.0131. The maximum atomic E-state index is 12.4. The summed E-state index contributed by atoms with van der Waals surface area (Å²) in [6.07, 6.45) is 1.98. The van der Waals surface area contributed by atoms with Crippen LogP contribution in [0.2, 0.25) is 0 Å². The third-order valence-corrected chi connectivity index (χ3v) is 4.39. The summed E-state index contributed by atoms with van der Waals surface area (Å²) >= 11 is 0. The zero-order chi connectivity index (χ0) is 17.0. The number of amides is 1. The predicted molar refractivity (Wildman–Crippen MR) is 94.6 cm³/mol. The Kier molecular flexibility index (Phi) is 5.72. The van der Waals surface area contributed by atoms with Gasteiger partial charge in [-0.3, -0.25) is 0 Å². The van der Waals surface area contributed by atoms with Crippen LogP contribution in [0, 0.1) is 11.8 Å². The van der Waals surface area contributed by atoms with Crippen LogP contribution in [-0.2, 0) is 4.74 Å². The first-order valence-electron chi connectivity index (χ1n) is 8.79. The van der Waals surface area contributed by atoms with E-state index in [2.05, 4.69) is 44.2 Å². The lowest BCUT2D eigenvalue weighted by Crippen LogP contribution is -2.45. The van der Waals surface area contributed by atoms with Gasteiger partial charge in [0.05, 0.1) is 0 Å². The second-order valence-electron chi connectivity index (χ2n) is 8.12. The molecule has 1 saturated heterocycles. The number of benzene rings is 1. The topological polar surface area (TPSA) is 29.5 Å². The summed E-state index contributed by atoms with van der Waals surface area (Å²) in [5, 5.41) is 0. The summed E-state index contributed by atoms with van der Waals surface area (Å²) in [6, 6.07) is 10.7. The summed E-state index contributed by atoms with van der Waals surface area (Å²) in [6.45, 7) is 11.9. The third kappa shape index (κ3) is 5.26. The van der Waals surface area contributed by atoms with Gasteiger partial charge < -0.3 is 9.64 Å². The van der Waals surface area contributed by atoms with Crippen molar-refractivity contribution >= 4 is 6.09 Å². The van der Waals surface area contributed by atoms with Gasteiger partial charge in [0.1, 0.15) is 5.60 Å². The molecule has 128 valence electrons. The van der Waals surface area contributed by atoms with E-state index in [1.54, 1.807) is 0 Å². The number of carbonyl (C=O) groups is 1. The van der Waals surface area contributed by atoms with E-state index in [1.165, 1.54) is 5.56 Å². The van der Waals surface area contributed by atoms with Crippen LogP contribution in [0.3, 0.4) is 0 Å². The van der Waals surface area contributed by atoms with E-state index in [1.807, 2.05) is 25.7 Å². The fourth-order valence-corrected chi connectivity index (χ4v) is 3.51. The molecule has 0 radical (unpaired) electrons. The van der Waals surface area contributed by atoms with Crippen molar-refractivity contribution in [3.8, 4) is 0 Å². The van der Waals surface area contributed by atoms with Crippen molar-refractivity contribution in [2.45, 2.75) is 59.0 Å². The summed E-state index contributed by atoms with van der Waals surface area (Å²) in [5.74, 6) is 1.67. The van der Waals surface area contributed by atoms with E-state index < -0.39 is 5.60 Å². The Balaban J connectivity index is 2.10. The third-order valence-electron chi connectivity index (χ3n) is 4.39. The number of hydrogen-bond donors (Lipinski definition) is 0. The summed E-state index contributed by atoms with van der Waals surface area (Å²) in [7, 11) is 0. The Bertz CT molecular complexity index is 504. The zero-order valence-corrected chi connectivity index (χ0v) is 15.2. The van der Waals surface area contributed by atoms with E-state index in [0.717, 1.165) is 25.9 Å². The van der Waals surface area contributed by atoms with Crippen molar-refractivity contribution in [3.05, 3.63) is 35.9 Å². The normalized spacial score (nSPS) is 22.3. The van der Waals surface area contributed by atoms with Gasteiger partial charge in [-0.2, -0.15) is 0 Å². The van der Waals surface area contributed by atoms with E-state index in [4.69, 9.17) is 4.74 Å². The Hall–Kier alpha value is -1.51. The zero-order valence-electron chi connectivity index (χ0n) is 15.2. The van der Waals surface area contributed by atoms with Crippen LogP contribution in [0.4, 0.5) is 4.79 Å². The van der Waals surface area contributed by atoms with Crippen molar-refractivity contribution in [1.29, 1.82) is 0 Å². The van der Waals surface area contributed by atoms with Crippen molar-refractivity contribution in [2.75, 3.05) is 13.1 Å². The number of carbonyl (C=O) groups excluding carboxylic acids is 1. The minimum atomic E-state index is -0.430. The molecule has 3 nitrogen and oxygen atoms in total. The molecular formula is C20H31NO2. The smallest absolute Gasteiger partial charge is 0.410 e. The SMILES string of the molecule is CC(C)C[C@@H]1CN(C(=O)OC(C)(C)C)CC[C@H]1c1ccccc1. The van der Waals surface area contributed by atoms with Gasteiger partial charge >= 0.3 is 6.09 Å². The molecule has 23 heavy (non-hydrogen) atoms. The highest BCUT2D eigenvalue weighted by atomic mass is 16.6. The van der Waals surface area contributed by atoms with Crippen LogP contribution < -0.4 is 0 Å². The molecule has 0 spiro atoms. The number of likely N-dealkylation sites (tertiary alicyclic amines) is 1. The van der Waals surface area contributed by atoms with E-state index in [-0.39, 0.29) is 6.09 Å². The molecule has 2 atom stereocenters. The minimum absolute atomic E-state index is 0.169. The fraction of sp³-hybridized carbons (Fsp3) is 0.650. The lowest BCUT2D eigenvalue weighted by atomic mass is 9.77. The highest BCUT2D eigenvalue weighted by Gasteiger charge is 2.34. The average molecular weight is 317 g/mol. The monoisotopic (exact) mass is 317 g/mol. The molecular weight excluding hydrogens is 286 g/mol. The van der Waals surface area contributed by atoms with Gasteiger partial charge in [0.25, 0.3) is 0 Å². The molecule has 2 rings (SSSR count). The quantitative estimate of drug-likeness (QED) is 0.778. The van der Waals surface area contributed by atoms with Crippen molar-refractivity contribution in [1.82, 2.24) is 4.90 Å². The van der Waals surface area contributed by atoms with Crippen LogP contribution in [0.5, 0.6) is 0 Å². The molecule has 0 bridgehead atoms. The first-order chi connectivity index (χ1) is 10.8. The number of piperidine rings is 1. The maximum Gasteiger partial charge on any atom is 0.410 e. The van der Waals surface area contributed by atoms with Gasteiger partial charge in [-0.15, -0.1) is 0 Å². The molecule has 3 heteroatoms. The Morgan fingerprint density at radius 3 is 2.48 bits per heavy atom. The molecule has 1 aromatic carbocycles. The van der Waals surface area contributed by atoms with Crippen LogP contribution >= 0.6 is 0 Å². The number of nitrogens with zero attached hydrogens (tertiary/aromatic N) is 1. The highest BCUT2D eigenvalue weighted by molar-refractivity contribution is 5.68. The predicted octanol–water partition coefficient (Wildman–Crippen LogP) is 5.07. The lowest BCUT2D eigenvalue weighted by Gasteiger charge is -2.40. The molecule has 1 aromatic rings. The van der Waals surface area contributed by atoms with Gasteiger partial charge in [-0.1, -0.05) is 44.2 Å². The van der Waals surface area contributed by atoms with Crippen molar-refractivity contribution in [2.24, 2.45) is 11.8 Å². The van der Waals surface area contributed by atoms with Gasteiger partial charge in [-0.05, 0) is 56.9 Å². The summed E-state index contributed by atoms with van der Waals surface area (Å²) in [4.78, 5) is 14.3. The number of ether oxygens (including phenoxy) is 1. The van der Waals surface area contributed by atoms with Crippen LogP contribution in [0.1, 0.15) is 58.9 Å². The fourth-order valence-electron chi connectivity index (χ4n) is 3.51. The van der Waals surface area contributed by atoms with Crippen molar-refractivity contribution in [3.63, 3.8) is 0 Å². The molecule has 1 fully saturated rings. The first-order valence-corrected chi connectivity index (χ1v) is 8.79. The second-order valence-corrected chi connectivity index (χ2v) is 8.12. The van der Waals surface area contributed by atoms with Gasteiger partial charge in [0.15, 0.2) is 0 Å². The van der Waals surface area contributed by atoms with Crippen LogP contribution in [0.25, 0.3) is 0 Å². The minimum Gasteiger partial charge on any atom is -0.444 e. The Morgan fingerprint density at radius 2 is 1.91 bits per heavy atom. The summed E-state index contributed by atoms with van der Waals surface area (Å²) in [5.41, 5.74) is 0.975. The molecule has 1 heterocycles. The maximum absolute atomic E-state index is 12.4. The van der Waals surface area contributed by atoms with Gasteiger partial charge in [0.2, 0.25) is 0 Å². The molecule has 1 amide bonds. The number of rotatable bonds is 3. The Morgan fingerprint density at radius 1 is 1.26 bits per heavy atom. The molecule has 0 saturated carbocycles. The molecule has 1 aliphatic heterocycles. The van der Waals surface area contributed by atoms with E-state index >= 15 is 0 Å². The largest absolute Gasteiger partial charge is 0.444 e. The van der Waals surface area contributed by atoms with E-state index in [0.29, 0.717) is 17.8 Å². The highest BCUT2D eigenvalue weighted by Crippen LogP contribution is 2.37. The van der Waals surface area contributed by atoms with Crippen molar-refractivity contribution < 1.29 is 9.53 Å².